The van der Waals surface area contributed by atoms with Gasteiger partial charge < -0.3 is 9.47 Å². The fourth-order valence-corrected chi connectivity index (χ4v) is 3.93. The second kappa shape index (κ2) is 10.6. The van der Waals surface area contributed by atoms with E-state index in [9.17, 15) is 9.59 Å². The lowest BCUT2D eigenvalue weighted by atomic mass is 10.2. The quantitative estimate of drug-likeness (QED) is 0.458. The highest BCUT2D eigenvalue weighted by Gasteiger charge is 2.36. The Morgan fingerprint density at radius 1 is 1.11 bits per heavy atom. The maximum absolute atomic E-state index is 12.6. The number of unbranched alkanes of at least 4 members (excludes halogenated alkanes) is 3. The summed E-state index contributed by atoms with van der Waals surface area (Å²) in [5.74, 6) is 0.604. The summed E-state index contributed by atoms with van der Waals surface area (Å²) in [5, 5.41) is -0.213. The van der Waals surface area contributed by atoms with Crippen LogP contribution in [-0.4, -0.2) is 60.5 Å². The number of imide groups is 1. The molecule has 0 unspecified atom stereocenters. The van der Waals surface area contributed by atoms with Crippen LogP contribution < -0.4 is 4.74 Å². The van der Waals surface area contributed by atoms with Crippen molar-refractivity contribution in [2.75, 3.05) is 39.6 Å². The van der Waals surface area contributed by atoms with Gasteiger partial charge in [0.25, 0.3) is 11.1 Å². The minimum atomic E-state index is -0.224. The number of morpholine rings is 1. The molecule has 0 saturated carbocycles. The number of hydrogen-bond donors (Lipinski definition) is 0. The number of hydrogen-bond acceptors (Lipinski definition) is 6. The van der Waals surface area contributed by atoms with Gasteiger partial charge >= 0.3 is 0 Å². The molecule has 0 aliphatic carbocycles. The van der Waals surface area contributed by atoms with Gasteiger partial charge in [-0.05, 0) is 42.0 Å². The molecular weight excluding hydrogens is 376 g/mol. The predicted molar refractivity (Wildman–Crippen MR) is 111 cm³/mol. The van der Waals surface area contributed by atoms with Gasteiger partial charge in [-0.25, -0.2) is 0 Å². The third-order valence-corrected chi connectivity index (χ3v) is 5.67. The lowest BCUT2D eigenvalue weighted by Crippen LogP contribution is -2.45. The molecular formula is C21H28N2O4S. The second-order valence-corrected chi connectivity index (χ2v) is 7.95. The van der Waals surface area contributed by atoms with E-state index in [1.807, 2.05) is 24.3 Å². The first-order valence-corrected chi connectivity index (χ1v) is 10.8. The third kappa shape index (κ3) is 5.83. The van der Waals surface area contributed by atoms with Gasteiger partial charge in [0.2, 0.25) is 0 Å². The number of benzene rings is 1. The minimum absolute atomic E-state index is 0.213. The van der Waals surface area contributed by atoms with Crippen LogP contribution in [0.15, 0.2) is 29.2 Å². The lowest BCUT2D eigenvalue weighted by molar-refractivity contribution is -0.125. The van der Waals surface area contributed by atoms with Crippen molar-refractivity contribution in [3.05, 3.63) is 34.7 Å². The number of carbonyl (C=O) groups excluding carboxylic acids is 2. The minimum Gasteiger partial charge on any atom is -0.494 e. The number of thioether (sulfide) groups is 1. The monoisotopic (exact) mass is 404 g/mol. The van der Waals surface area contributed by atoms with Crippen LogP contribution in [0.4, 0.5) is 4.79 Å². The summed E-state index contributed by atoms with van der Waals surface area (Å²) >= 11 is 1.00. The first-order valence-electron chi connectivity index (χ1n) is 9.95. The van der Waals surface area contributed by atoms with Crippen LogP contribution in [0.2, 0.25) is 0 Å². The Morgan fingerprint density at radius 3 is 2.57 bits per heavy atom. The van der Waals surface area contributed by atoms with Crippen molar-refractivity contribution >= 4 is 29.0 Å². The molecule has 3 rings (SSSR count). The normalized spacial score (nSPS) is 19.6. The summed E-state index contributed by atoms with van der Waals surface area (Å²) in [6, 6.07) is 7.64. The number of rotatable bonds is 9. The van der Waals surface area contributed by atoms with Crippen LogP contribution in [0.25, 0.3) is 6.08 Å². The van der Waals surface area contributed by atoms with Crippen LogP contribution in [0.5, 0.6) is 5.75 Å². The van der Waals surface area contributed by atoms with Gasteiger partial charge in [-0.15, -0.1) is 0 Å². The summed E-state index contributed by atoms with van der Waals surface area (Å²) < 4.78 is 11.1. The standard InChI is InChI=1S/C21H28N2O4S/c1-2-3-4-5-12-27-18-8-6-17(7-9-18)15-19-20(24)23(21(25)28-19)16-22-10-13-26-14-11-22/h6-9,15H,2-5,10-14,16H2,1H3. The summed E-state index contributed by atoms with van der Waals surface area (Å²) in [5.41, 5.74) is 0.884. The van der Waals surface area contributed by atoms with Crippen molar-refractivity contribution < 1.29 is 19.1 Å². The lowest BCUT2D eigenvalue weighted by Gasteiger charge is -2.29. The Morgan fingerprint density at radius 2 is 1.86 bits per heavy atom. The van der Waals surface area contributed by atoms with E-state index < -0.39 is 0 Å². The molecule has 1 aromatic rings. The first kappa shape index (κ1) is 20.9. The molecule has 2 fully saturated rings. The number of nitrogens with zero attached hydrogens (tertiary/aromatic N) is 2. The second-order valence-electron chi connectivity index (χ2n) is 6.96. The molecule has 0 bridgehead atoms. The van der Waals surface area contributed by atoms with E-state index in [0.29, 0.717) is 24.8 Å². The van der Waals surface area contributed by atoms with Crippen molar-refractivity contribution in [3.63, 3.8) is 0 Å². The highest BCUT2D eigenvalue weighted by Crippen LogP contribution is 2.32. The zero-order valence-electron chi connectivity index (χ0n) is 16.4. The smallest absolute Gasteiger partial charge is 0.294 e. The molecule has 0 aromatic heterocycles. The van der Waals surface area contributed by atoms with Crippen molar-refractivity contribution in [1.82, 2.24) is 9.80 Å². The highest BCUT2D eigenvalue weighted by atomic mass is 32.2. The molecule has 7 heteroatoms. The molecule has 2 saturated heterocycles. The van der Waals surface area contributed by atoms with Crippen molar-refractivity contribution in [2.24, 2.45) is 0 Å². The van der Waals surface area contributed by atoms with Crippen molar-refractivity contribution in [1.29, 1.82) is 0 Å². The third-order valence-electron chi connectivity index (χ3n) is 4.76. The Kier molecular flexibility index (Phi) is 7.94. The topological polar surface area (TPSA) is 59.1 Å². The average Bonchev–Trinajstić information content (AvgIpc) is 2.97. The maximum atomic E-state index is 12.6. The van der Waals surface area contributed by atoms with E-state index >= 15 is 0 Å². The van der Waals surface area contributed by atoms with Gasteiger partial charge in [-0.1, -0.05) is 38.3 Å². The van der Waals surface area contributed by atoms with Crippen LogP contribution in [-0.2, 0) is 9.53 Å². The molecule has 152 valence electrons. The Balaban J connectivity index is 1.54. The van der Waals surface area contributed by atoms with E-state index in [1.54, 1.807) is 6.08 Å². The molecule has 2 aliphatic rings. The molecule has 28 heavy (non-hydrogen) atoms. The van der Waals surface area contributed by atoms with Crippen molar-refractivity contribution in [2.45, 2.75) is 32.6 Å². The van der Waals surface area contributed by atoms with E-state index in [1.165, 1.54) is 24.2 Å². The Labute approximate surface area is 170 Å². The summed E-state index contributed by atoms with van der Waals surface area (Å²) in [6.45, 7) is 5.99. The Bertz CT molecular complexity index is 699. The Hall–Kier alpha value is -1.83. The van der Waals surface area contributed by atoms with Crippen LogP contribution in [0, 0.1) is 0 Å². The fourth-order valence-electron chi connectivity index (χ4n) is 3.09. The zero-order chi connectivity index (χ0) is 19.8. The van der Waals surface area contributed by atoms with Gasteiger partial charge in [0, 0.05) is 13.1 Å². The maximum Gasteiger partial charge on any atom is 0.294 e. The summed E-state index contributed by atoms with van der Waals surface area (Å²) in [7, 11) is 0. The van der Waals surface area contributed by atoms with E-state index in [-0.39, 0.29) is 11.1 Å². The molecule has 1 aromatic carbocycles. The molecule has 0 radical (unpaired) electrons. The van der Waals surface area contributed by atoms with Gasteiger partial charge in [0.1, 0.15) is 5.75 Å². The summed E-state index contributed by atoms with van der Waals surface area (Å²) in [4.78, 5) is 28.7. The molecule has 0 spiro atoms. The molecule has 2 amide bonds. The van der Waals surface area contributed by atoms with Gasteiger partial charge in [0.05, 0.1) is 31.4 Å². The van der Waals surface area contributed by atoms with Crippen LogP contribution in [0.1, 0.15) is 38.2 Å². The van der Waals surface area contributed by atoms with E-state index in [2.05, 4.69) is 11.8 Å². The number of ether oxygens (including phenoxy) is 2. The first-order chi connectivity index (χ1) is 13.7. The highest BCUT2D eigenvalue weighted by molar-refractivity contribution is 8.18. The van der Waals surface area contributed by atoms with Crippen LogP contribution >= 0.6 is 11.8 Å². The number of amides is 2. The van der Waals surface area contributed by atoms with E-state index in [4.69, 9.17) is 9.47 Å². The fraction of sp³-hybridized carbons (Fsp3) is 0.524. The molecule has 6 nitrogen and oxygen atoms in total. The predicted octanol–water partition coefficient (Wildman–Crippen LogP) is 3.97. The van der Waals surface area contributed by atoms with Gasteiger partial charge in [-0.2, -0.15) is 0 Å². The van der Waals surface area contributed by atoms with Crippen LogP contribution in [0.3, 0.4) is 0 Å². The molecule has 0 N–H and O–H groups in total. The SMILES string of the molecule is CCCCCCOc1ccc(C=C2SC(=O)N(CN3CCOCC3)C2=O)cc1. The molecule has 2 heterocycles. The van der Waals surface area contributed by atoms with Gasteiger partial charge in [-0.3, -0.25) is 19.4 Å². The zero-order valence-corrected chi connectivity index (χ0v) is 17.2. The average molecular weight is 405 g/mol. The largest absolute Gasteiger partial charge is 0.494 e. The van der Waals surface area contributed by atoms with E-state index in [0.717, 1.165) is 49.2 Å². The molecule has 0 atom stereocenters. The van der Waals surface area contributed by atoms with Gasteiger partial charge in [0.15, 0.2) is 0 Å². The van der Waals surface area contributed by atoms with Crippen molar-refractivity contribution in [3.8, 4) is 5.75 Å². The number of carbonyl (C=O) groups is 2. The molecule has 2 aliphatic heterocycles. The summed E-state index contributed by atoms with van der Waals surface area (Å²) in [6.07, 6.45) is 6.48.